The van der Waals surface area contributed by atoms with E-state index in [-0.39, 0.29) is 11.9 Å². The van der Waals surface area contributed by atoms with E-state index in [9.17, 15) is 4.79 Å². The molecule has 4 heteroatoms. The Hall–Kier alpha value is -1.81. The summed E-state index contributed by atoms with van der Waals surface area (Å²) >= 11 is 0. The van der Waals surface area contributed by atoms with Gasteiger partial charge in [-0.05, 0) is 12.5 Å². The fraction of sp³-hybridized carbons (Fsp3) is 0.357. The van der Waals surface area contributed by atoms with E-state index < -0.39 is 0 Å². The Bertz CT molecular complexity index is 533. The molecule has 2 rings (SSSR count). The first-order valence-electron chi connectivity index (χ1n) is 6.22. The van der Waals surface area contributed by atoms with Crippen molar-refractivity contribution < 1.29 is 9.21 Å². The number of nitrogens with two attached hydrogens (primary N) is 1. The van der Waals surface area contributed by atoms with Crippen LogP contribution < -0.4 is 11.1 Å². The minimum Gasteiger partial charge on any atom is -0.463 e. The van der Waals surface area contributed by atoms with Crippen molar-refractivity contribution >= 4 is 16.9 Å². The monoisotopic (exact) mass is 246 g/mol. The molecule has 0 saturated carbocycles. The van der Waals surface area contributed by atoms with Crippen molar-refractivity contribution in [3.8, 4) is 0 Å². The summed E-state index contributed by atoms with van der Waals surface area (Å²) in [5, 5.41) is 3.67. The molecule has 0 radical (unpaired) electrons. The van der Waals surface area contributed by atoms with Gasteiger partial charge in [-0.2, -0.15) is 0 Å². The van der Waals surface area contributed by atoms with Crippen molar-refractivity contribution in [2.45, 2.75) is 25.8 Å². The third kappa shape index (κ3) is 2.71. The molecule has 96 valence electrons. The lowest BCUT2D eigenvalue weighted by Crippen LogP contribution is -2.37. The third-order valence-corrected chi connectivity index (χ3v) is 2.91. The number of rotatable bonds is 5. The van der Waals surface area contributed by atoms with Crippen molar-refractivity contribution in [1.82, 2.24) is 5.32 Å². The van der Waals surface area contributed by atoms with E-state index >= 15 is 0 Å². The average Bonchev–Trinajstić information content (AvgIpc) is 2.80. The molecule has 0 saturated heterocycles. The number of benzene rings is 1. The largest absolute Gasteiger partial charge is 0.463 e. The van der Waals surface area contributed by atoms with Crippen LogP contribution in [0.25, 0.3) is 11.0 Å². The van der Waals surface area contributed by atoms with E-state index in [1.165, 1.54) is 6.26 Å². The van der Waals surface area contributed by atoms with Gasteiger partial charge in [0.1, 0.15) is 11.8 Å². The first-order chi connectivity index (χ1) is 8.72. The summed E-state index contributed by atoms with van der Waals surface area (Å²) in [6.07, 6.45) is 3.42. The summed E-state index contributed by atoms with van der Waals surface area (Å²) in [7, 11) is 0. The Balaban J connectivity index is 2.05. The zero-order chi connectivity index (χ0) is 13.0. The SMILES string of the molecule is CCCC(N)CNC(=O)c1coc2ccccc12. The maximum absolute atomic E-state index is 12.0. The highest BCUT2D eigenvalue weighted by atomic mass is 16.3. The Morgan fingerprint density at radius 2 is 2.22 bits per heavy atom. The molecule has 0 aliphatic carbocycles. The van der Waals surface area contributed by atoms with Crippen LogP contribution in [0.3, 0.4) is 0 Å². The maximum atomic E-state index is 12.0. The predicted molar refractivity (Wildman–Crippen MR) is 71.4 cm³/mol. The van der Waals surface area contributed by atoms with Crippen LogP contribution in [0.4, 0.5) is 0 Å². The van der Waals surface area contributed by atoms with Gasteiger partial charge < -0.3 is 15.5 Å². The lowest BCUT2D eigenvalue weighted by atomic mass is 10.1. The number of furan rings is 1. The molecule has 0 aliphatic heterocycles. The summed E-state index contributed by atoms with van der Waals surface area (Å²) in [6, 6.07) is 7.49. The summed E-state index contributed by atoms with van der Waals surface area (Å²) < 4.78 is 5.33. The van der Waals surface area contributed by atoms with Gasteiger partial charge in [0.25, 0.3) is 5.91 Å². The number of hydrogen-bond acceptors (Lipinski definition) is 3. The van der Waals surface area contributed by atoms with Crippen LogP contribution in [0.2, 0.25) is 0 Å². The second kappa shape index (κ2) is 5.69. The molecule has 1 atom stereocenters. The van der Waals surface area contributed by atoms with E-state index in [4.69, 9.17) is 10.2 Å². The predicted octanol–water partition coefficient (Wildman–Crippen LogP) is 2.29. The second-order valence-corrected chi connectivity index (χ2v) is 4.40. The number of nitrogens with one attached hydrogen (secondary N) is 1. The quantitative estimate of drug-likeness (QED) is 0.850. The van der Waals surface area contributed by atoms with Crippen LogP contribution in [-0.2, 0) is 0 Å². The molecule has 1 unspecified atom stereocenters. The van der Waals surface area contributed by atoms with Crippen molar-refractivity contribution in [2.24, 2.45) is 5.73 Å². The van der Waals surface area contributed by atoms with Gasteiger partial charge in [0.2, 0.25) is 0 Å². The molecule has 1 aromatic heterocycles. The van der Waals surface area contributed by atoms with E-state index in [1.54, 1.807) is 0 Å². The molecule has 0 bridgehead atoms. The van der Waals surface area contributed by atoms with Crippen molar-refractivity contribution in [2.75, 3.05) is 6.54 Å². The lowest BCUT2D eigenvalue weighted by molar-refractivity contribution is 0.0951. The number of carbonyl (C=O) groups is 1. The molecule has 1 aromatic carbocycles. The Morgan fingerprint density at radius 1 is 1.44 bits per heavy atom. The van der Waals surface area contributed by atoms with E-state index in [1.807, 2.05) is 24.3 Å². The van der Waals surface area contributed by atoms with Crippen LogP contribution >= 0.6 is 0 Å². The molecular weight excluding hydrogens is 228 g/mol. The molecule has 18 heavy (non-hydrogen) atoms. The number of hydrogen-bond donors (Lipinski definition) is 2. The second-order valence-electron chi connectivity index (χ2n) is 4.40. The van der Waals surface area contributed by atoms with Crippen LogP contribution in [0.1, 0.15) is 30.1 Å². The molecule has 0 fully saturated rings. The van der Waals surface area contributed by atoms with Crippen molar-refractivity contribution in [3.63, 3.8) is 0 Å². The van der Waals surface area contributed by atoms with Crippen LogP contribution in [-0.4, -0.2) is 18.5 Å². The Kier molecular flexibility index (Phi) is 3.99. The fourth-order valence-electron chi connectivity index (χ4n) is 1.95. The first kappa shape index (κ1) is 12.6. The summed E-state index contributed by atoms with van der Waals surface area (Å²) in [5.74, 6) is -0.133. The van der Waals surface area contributed by atoms with Crippen molar-refractivity contribution in [3.05, 3.63) is 36.1 Å². The molecule has 3 N–H and O–H groups in total. The third-order valence-electron chi connectivity index (χ3n) is 2.91. The minimum absolute atomic E-state index is 0.0112. The molecule has 0 spiro atoms. The van der Waals surface area contributed by atoms with Gasteiger partial charge in [-0.1, -0.05) is 31.5 Å². The zero-order valence-corrected chi connectivity index (χ0v) is 10.5. The van der Waals surface area contributed by atoms with E-state index in [0.717, 1.165) is 23.8 Å². The lowest BCUT2D eigenvalue weighted by Gasteiger charge is -2.10. The molecule has 4 nitrogen and oxygen atoms in total. The van der Waals surface area contributed by atoms with Crippen LogP contribution in [0.5, 0.6) is 0 Å². The van der Waals surface area contributed by atoms with Crippen LogP contribution in [0, 0.1) is 0 Å². The van der Waals surface area contributed by atoms with E-state index in [0.29, 0.717) is 12.1 Å². The number of carbonyl (C=O) groups excluding carboxylic acids is 1. The summed E-state index contributed by atoms with van der Waals surface area (Å²) in [4.78, 5) is 12.0. The first-order valence-corrected chi connectivity index (χ1v) is 6.22. The summed E-state index contributed by atoms with van der Waals surface area (Å²) in [6.45, 7) is 2.57. The number of amides is 1. The smallest absolute Gasteiger partial charge is 0.255 e. The molecule has 2 aromatic rings. The zero-order valence-electron chi connectivity index (χ0n) is 10.5. The van der Waals surface area contributed by atoms with Gasteiger partial charge >= 0.3 is 0 Å². The molecule has 1 heterocycles. The van der Waals surface area contributed by atoms with E-state index in [2.05, 4.69) is 12.2 Å². The van der Waals surface area contributed by atoms with Gasteiger partial charge in [-0.25, -0.2) is 0 Å². The van der Waals surface area contributed by atoms with Gasteiger partial charge in [0, 0.05) is 18.0 Å². The number of fused-ring (bicyclic) bond motifs is 1. The highest BCUT2D eigenvalue weighted by Gasteiger charge is 2.13. The van der Waals surface area contributed by atoms with Crippen LogP contribution in [0.15, 0.2) is 34.9 Å². The fourth-order valence-corrected chi connectivity index (χ4v) is 1.95. The van der Waals surface area contributed by atoms with Gasteiger partial charge in [0.05, 0.1) is 5.56 Å². The van der Waals surface area contributed by atoms with Gasteiger partial charge in [-0.15, -0.1) is 0 Å². The maximum Gasteiger partial charge on any atom is 0.255 e. The van der Waals surface area contributed by atoms with Crippen molar-refractivity contribution in [1.29, 1.82) is 0 Å². The number of para-hydroxylation sites is 1. The summed E-state index contributed by atoms with van der Waals surface area (Å²) in [5.41, 5.74) is 7.15. The topological polar surface area (TPSA) is 68.3 Å². The standard InChI is InChI=1S/C14H18N2O2/c1-2-5-10(15)8-16-14(17)12-9-18-13-7-4-3-6-11(12)13/h3-4,6-7,9-10H,2,5,8,15H2,1H3,(H,16,17). The van der Waals surface area contributed by atoms with Gasteiger partial charge in [0.15, 0.2) is 0 Å². The molecule has 1 amide bonds. The Labute approximate surface area is 106 Å². The van der Waals surface area contributed by atoms with Gasteiger partial charge in [-0.3, -0.25) is 4.79 Å². The highest BCUT2D eigenvalue weighted by Crippen LogP contribution is 2.20. The highest BCUT2D eigenvalue weighted by molar-refractivity contribution is 6.05. The molecular formula is C14H18N2O2. The Morgan fingerprint density at radius 3 is 3.00 bits per heavy atom. The minimum atomic E-state index is -0.133. The normalized spacial score (nSPS) is 12.6. The molecule has 0 aliphatic rings. The average molecular weight is 246 g/mol.